The quantitative estimate of drug-likeness (QED) is 0.183. The molecule has 0 amide bonds. The van der Waals surface area contributed by atoms with Gasteiger partial charge in [-0.05, 0) is 77.2 Å². The van der Waals surface area contributed by atoms with Crippen LogP contribution in [0.2, 0.25) is 0 Å². The molecule has 48 heavy (non-hydrogen) atoms. The maximum absolute atomic E-state index is 10.2. The molecular formula is C44H26N4. The van der Waals surface area contributed by atoms with E-state index in [4.69, 9.17) is 6.57 Å². The number of rotatable bonds is 4. The van der Waals surface area contributed by atoms with Gasteiger partial charge in [0.05, 0.1) is 46.0 Å². The van der Waals surface area contributed by atoms with Gasteiger partial charge in [0.25, 0.3) is 0 Å². The van der Waals surface area contributed by atoms with E-state index in [-0.39, 0.29) is 0 Å². The van der Waals surface area contributed by atoms with E-state index in [1.165, 1.54) is 10.8 Å². The summed E-state index contributed by atoms with van der Waals surface area (Å²) in [6.45, 7) is 7.57. The maximum atomic E-state index is 10.2. The number of nitrogens with zero attached hydrogens (tertiary/aromatic N) is 4. The normalized spacial score (nSPS) is 11.3. The van der Waals surface area contributed by atoms with E-state index in [1.807, 2.05) is 36.4 Å². The number of para-hydroxylation sites is 4. The fraction of sp³-hybridized carbons (Fsp3) is 0. The summed E-state index contributed by atoms with van der Waals surface area (Å²) in [5.41, 5.74) is 11.8. The molecule has 7 aromatic carbocycles. The van der Waals surface area contributed by atoms with Crippen molar-refractivity contribution in [2.45, 2.75) is 0 Å². The van der Waals surface area contributed by atoms with Crippen molar-refractivity contribution in [1.29, 1.82) is 5.26 Å². The first kappa shape index (κ1) is 27.4. The summed E-state index contributed by atoms with van der Waals surface area (Å²) in [5, 5.41) is 14.8. The minimum Gasteiger partial charge on any atom is -0.309 e. The third-order valence-corrected chi connectivity index (χ3v) is 9.40. The van der Waals surface area contributed by atoms with E-state index in [2.05, 4.69) is 141 Å². The number of nitriles is 1. The van der Waals surface area contributed by atoms with Gasteiger partial charge in [-0.1, -0.05) is 97.1 Å². The smallest absolute Gasteiger partial charge is 0.188 e. The van der Waals surface area contributed by atoms with Gasteiger partial charge in [0.15, 0.2) is 5.69 Å². The van der Waals surface area contributed by atoms with Gasteiger partial charge < -0.3 is 9.13 Å². The highest BCUT2D eigenvalue weighted by atomic mass is 15.0. The summed E-state index contributed by atoms with van der Waals surface area (Å²) >= 11 is 0. The molecule has 222 valence electrons. The van der Waals surface area contributed by atoms with E-state index >= 15 is 0 Å². The zero-order valence-electron chi connectivity index (χ0n) is 25.8. The summed E-state index contributed by atoms with van der Waals surface area (Å²) in [7, 11) is 0. The van der Waals surface area contributed by atoms with Crippen LogP contribution < -0.4 is 0 Å². The molecule has 0 atom stereocenters. The fourth-order valence-electron chi connectivity index (χ4n) is 7.24. The van der Waals surface area contributed by atoms with E-state index < -0.39 is 0 Å². The lowest BCUT2D eigenvalue weighted by atomic mass is 9.94. The Labute approximate surface area is 277 Å². The standard InChI is InChI=1S/C44H26N4/c1-46-32-22-25-44-39(27-32)37-13-5-9-17-43(37)48(44)40-14-6-2-10-34(40)30-18-19-31(28-45)38(26-30)29-20-23-33(24-21-29)47-41-15-7-3-11-35(41)36-12-4-8-16-42(36)47/h2-27H. The van der Waals surface area contributed by atoms with Crippen molar-refractivity contribution in [3.05, 3.63) is 175 Å². The van der Waals surface area contributed by atoms with Crippen molar-refractivity contribution in [1.82, 2.24) is 9.13 Å². The molecule has 4 nitrogen and oxygen atoms in total. The van der Waals surface area contributed by atoms with Gasteiger partial charge in [-0.15, -0.1) is 0 Å². The SMILES string of the molecule is [C-]#[N+]c1ccc2c(c1)c1ccccc1n2-c1ccccc1-c1ccc(C#N)c(-c2ccc(-n3c4ccccc4c4ccccc43)cc2)c1. The van der Waals surface area contributed by atoms with Crippen molar-refractivity contribution in [2.75, 3.05) is 0 Å². The average molecular weight is 611 g/mol. The van der Waals surface area contributed by atoms with Crippen LogP contribution in [0.4, 0.5) is 5.69 Å². The molecule has 0 fully saturated rings. The molecular weight excluding hydrogens is 585 g/mol. The molecule has 2 heterocycles. The van der Waals surface area contributed by atoms with Gasteiger partial charge in [0.1, 0.15) is 0 Å². The summed E-state index contributed by atoms with van der Waals surface area (Å²) in [4.78, 5) is 3.69. The molecule has 0 N–H and O–H groups in total. The largest absolute Gasteiger partial charge is 0.309 e. The minimum atomic E-state index is 0.625. The van der Waals surface area contributed by atoms with Crippen LogP contribution in [0.15, 0.2) is 158 Å². The summed E-state index contributed by atoms with van der Waals surface area (Å²) in [5.74, 6) is 0. The molecule has 0 aliphatic rings. The van der Waals surface area contributed by atoms with E-state index in [1.54, 1.807) is 0 Å². The topological polar surface area (TPSA) is 38.0 Å². The number of aromatic nitrogens is 2. The Hall–Kier alpha value is -6.88. The average Bonchev–Trinajstić information content (AvgIpc) is 3.67. The van der Waals surface area contributed by atoms with Crippen molar-refractivity contribution in [3.8, 4) is 39.7 Å². The van der Waals surface area contributed by atoms with Crippen molar-refractivity contribution < 1.29 is 0 Å². The lowest BCUT2D eigenvalue weighted by Crippen LogP contribution is -1.97. The molecule has 0 aliphatic heterocycles. The highest BCUT2D eigenvalue weighted by Gasteiger charge is 2.17. The number of fused-ring (bicyclic) bond motifs is 6. The van der Waals surface area contributed by atoms with Gasteiger partial charge in [0.2, 0.25) is 0 Å². The third kappa shape index (κ3) is 4.14. The Balaban J connectivity index is 1.19. The Bertz CT molecular complexity index is 2750. The molecule has 4 heteroatoms. The van der Waals surface area contributed by atoms with Crippen LogP contribution in [0.1, 0.15) is 5.56 Å². The molecule has 0 aliphatic carbocycles. The second-order valence-corrected chi connectivity index (χ2v) is 12.0. The summed E-state index contributed by atoms with van der Waals surface area (Å²) in [6, 6.07) is 56.7. The molecule has 0 bridgehead atoms. The first-order valence-corrected chi connectivity index (χ1v) is 15.9. The predicted octanol–water partition coefficient (Wildman–Crippen LogP) is 11.6. The predicted molar refractivity (Wildman–Crippen MR) is 197 cm³/mol. The molecule has 0 saturated heterocycles. The van der Waals surface area contributed by atoms with Crippen LogP contribution in [0.25, 0.3) is 82.1 Å². The van der Waals surface area contributed by atoms with Gasteiger partial charge in [-0.25, -0.2) is 4.85 Å². The second-order valence-electron chi connectivity index (χ2n) is 12.0. The summed E-state index contributed by atoms with van der Waals surface area (Å²) in [6.07, 6.45) is 0. The maximum Gasteiger partial charge on any atom is 0.188 e. The lowest BCUT2D eigenvalue weighted by molar-refractivity contribution is 1.18. The van der Waals surface area contributed by atoms with Crippen LogP contribution in [0.5, 0.6) is 0 Å². The Morgan fingerprint density at radius 1 is 0.479 bits per heavy atom. The first-order chi connectivity index (χ1) is 23.7. The Kier molecular flexibility index (Phi) is 6.22. The highest BCUT2D eigenvalue weighted by Crippen LogP contribution is 2.39. The van der Waals surface area contributed by atoms with Crippen LogP contribution in [0, 0.1) is 17.9 Å². The molecule has 9 aromatic rings. The van der Waals surface area contributed by atoms with Crippen LogP contribution in [-0.4, -0.2) is 9.13 Å². The van der Waals surface area contributed by atoms with Crippen molar-refractivity contribution in [2.24, 2.45) is 0 Å². The molecule has 2 aromatic heterocycles. The number of hydrogen-bond donors (Lipinski definition) is 0. The highest BCUT2D eigenvalue weighted by molar-refractivity contribution is 6.11. The summed E-state index contributed by atoms with van der Waals surface area (Å²) < 4.78 is 4.59. The van der Waals surface area contributed by atoms with E-state index in [0.29, 0.717) is 11.3 Å². The molecule has 9 rings (SSSR count). The van der Waals surface area contributed by atoms with Crippen LogP contribution in [-0.2, 0) is 0 Å². The Morgan fingerprint density at radius 2 is 1.04 bits per heavy atom. The zero-order chi connectivity index (χ0) is 32.2. The third-order valence-electron chi connectivity index (χ3n) is 9.40. The van der Waals surface area contributed by atoms with Gasteiger partial charge in [0, 0.05) is 33.0 Å². The van der Waals surface area contributed by atoms with Crippen molar-refractivity contribution >= 4 is 49.3 Å². The van der Waals surface area contributed by atoms with Gasteiger partial charge >= 0.3 is 0 Å². The number of benzene rings is 7. The minimum absolute atomic E-state index is 0.625. The van der Waals surface area contributed by atoms with Crippen LogP contribution >= 0.6 is 0 Å². The van der Waals surface area contributed by atoms with Gasteiger partial charge in [-0.3, -0.25) is 0 Å². The van der Waals surface area contributed by atoms with Crippen molar-refractivity contribution in [3.63, 3.8) is 0 Å². The molecule has 0 unspecified atom stereocenters. The fourth-order valence-corrected chi connectivity index (χ4v) is 7.24. The van der Waals surface area contributed by atoms with E-state index in [0.717, 1.165) is 66.5 Å². The molecule has 0 radical (unpaired) electrons. The second kappa shape index (κ2) is 10.9. The van der Waals surface area contributed by atoms with Gasteiger partial charge in [-0.2, -0.15) is 5.26 Å². The Morgan fingerprint density at radius 3 is 1.71 bits per heavy atom. The number of hydrogen-bond acceptors (Lipinski definition) is 1. The zero-order valence-corrected chi connectivity index (χ0v) is 25.8. The molecule has 0 saturated carbocycles. The first-order valence-electron chi connectivity index (χ1n) is 15.9. The van der Waals surface area contributed by atoms with Crippen LogP contribution in [0.3, 0.4) is 0 Å². The molecule has 0 spiro atoms. The lowest BCUT2D eigenvalue weighted by Gasteiger charge is -2.16. The monoisotopic (exact) mass is 610 g/mol. The van der Waals surface area contributed by atoms with E-state index in [9.17, 15) is 5.26 Å².